The fourth-order valence-corrected chi connectivity index (χ4v) is 4.42. The van der Waals surface area contributed by atoms with Gasteiger partial charge in [0.15, 0.2) is 0 Å². The molecule has 0 radical (unpaired) electrons. The number of para-hydroxylation sites is 1. The zero-order chi connectivity index (χ0) is 23.0. The number of aryl methyl sites for hydroxylation is 2. The summed E-state index contributed by atoms with van der Waals surface area (Å²) in [6, 6.07) is 17.7. The Kier molecular flexibility index (Phi) is 9.60. The molecule has 1 aliphatic heterocycles. The summed E-state index contributed by atoms with van der Waals surface area (Å²) in [4.78, 5) is 17.7. The van der Waals surface area contributed by atoms with Crippen molar-refractivity contribution in [2.45, 2.75) is 40.3 Å². The highest BCUT2D eigenvalue weighted by Gasteiger charge is 2.18. The van der Waals surface area contributed by atoms with Gasteiger partial charge in [-0.2, -0.15) is 5.10 Å². The predicted molar refractivity (Wildman–Crippen MR) is 139 cm³/mol. The van der Waals surface area contributed by atoms with E-state index in [1.165, 1.54) is 5.69 Å². The molecule has 3 aromatic rings. The predicted octanol–water partition coefficient (Wildman–Crippen LogP) is 4.19. The van der Waals surface area contributed by atoms with Gasteiger partial charge in [0.05, 0.1) is 6.54 Å². The first-order chi connectivity index (χ1) is 16.1. The number of ether oxygens (including phenoxy) is 1. The van der Waals surface area contributed by atoms with E-state index in [2.05, 4.69) is 21.0 Å². The van der Waals surface area contributed by atoms with E-state index in [4.69, 9.17) is 16.3 Å². The van der Waals surface area contributed by atoms with Crippen LogP contribution in [-0.4, -0.2) is 58.6 Å². The monoisotopic (exact) mass is 485 g/mol. The quantitative estimate of drug-likeness (QED) is 0.431. The molecule has 2 aromatic carbocycles. The van der Waals surface area contributed by atoms with Gasteiger partial charge in [-0.1, -0.05) is 50.2 Å². The first kappa shape index (κ1) is 25.8. The first-order valence-corrected chi connectivity index (χ1v) is 12.1. The Labute approximate surface area is 207 Å². The zero-order valence-electron chi connectivity index (χ0n) is 19.2. The number of benzene rings is 2. The Morgan fingerprint density at radius 3 is 2.44 bits per heavy atom. The average molecular weight is 486 g/mol. The first-order valence-electron chi connectivity index (χ1n) is 11.7. The van der Waals surface area contributed by atoms with Crippen LogP contribution in [0.15, 0.2) is 59.4 Å². The molecule has 0 atom stereocenters. The van der Waals surface area contributed by atoms with Gasteiger partial charge < -0.3 is 9.64 Å². The molecule has 0 spiro atoms. The summed E-state index contributed by atoms with van der Waals surface area (Å²) >= 11 is 6.13. The number of halogens is 1. The van der Waals surface area contributed by atoms with Crippen molar-refractivity contribution >= 4 is 17.3 Å². The lowest BCUT2D eigenvalue weighted by molar-refractivity contribution is 0.248. The molecular weight excluding hydrogens is 450 g/mol. The number of hydrogen-bond donors (Lipinski definition) is 0. The van der Waals surface area contributed by atoms with E-state index < -0.39 is 0 Å². The number of anilines is 1. The van der Waals surface area contributed by atoms with Crippen LogP contribution in [0, 0.1) is 0 Å². The van der Waals surface area contributed by atoms with Crippen LogP contribution in [-0.2, 0) is 19.5 Å². The molecule has 1 fully saturated rings. The zero-order valence-corrected chi connectivity index (χ0v) is 20.0. The van der Waals surface area contributed by atoms with Crippen LogP contribution in [0.4, 0.5) is 5.69 Å². The lowest BCUT2D eigenvalue weighted by atomic mass is 10.2. The molecule has 0 N–H and O–H groups in total. The number of aromatic nitrogens is 3. The molecule has 1 aromatic heterocycles. The molecule has 0 amide bonds. The van der Waals surface area contributed by atoms with Crippen LogP contribution < -0.4 is 15.3 Å². The second-order valence-corrected chi connectivity index (χ2v) is 8.69. The lowest BCUT2D eigenvalue weighted by Crippen LogP contribution is -2.46. The van der Waals surface area contributed by atoms with Gasteiger partial charge in [-0.05, 0) is 36.8 Å². The maximum absolute atomic E-state index is 12.9. The highest BCUT2D eigenvalue weighted by molar-refractivity contribution is 6.30. The summed E-state index contributed by atoms with van der Waals surface area (Å²) in [5.41, 5.74) is 1.14. The van der Waals surface area contributed by atoms with Crippen LogP contribution in [0.3, 0.4) is 0 Å². The third-order valence-corrected chi connectivity index (χ3v) is 6.27. The maximum Gasteiger partial charge on any atom is 0.346 e. The summed E-state index contributed by atoms with van der Waals surface area (Å²) in [6.07, 6.45) is 1.62. The van der Waals surface area contributed by atoms with Gasteiger partial charge in [-0.25, -0.2) is 9.48 Å². The van der Waals surface area contributed by atoms with Gasteiger partial charge in [0.1, 0.15) is 18.2 Å². The van der Waals surface area contributed by atoms with Crippen LogP contribution in [0.25, 0.3) is 0 Å². The van der Waals surface area contributed by atoms with E-state index in [0.29, 0.717) is 19.7 Å². The summed E-state index contributed by atoms with van der Waals surface area (Å²) in [5, 5.41) is 5.34. The second-order valence-electron chi connectivity index (χ2n) is 8.25. The summed E-state index contributed by atoms with van der Waals surface area (Å²) in [5.74, 6) is 1.62. The molecule has 0 aliphatic carbocycles. The molecule has 1 aliphatic rings. The normalized spacial score (nSPS) is 14.1. The number of nitrogens with zero attached hydrogens (tertiary/aromatic N) is 5. The van der Waals surface area contributed by atoms with Gasteiger partial charge in [-0.15, -0.1) is 0 Å². The topological polar surface area (TPSA) is 55.5 Å². The number of rotatable bonds is 10. The maximum atomic E-state index is 12.9. The minimum absolute atomic E-state index is 0. The fourth-order valence-electron chi connectivity index (χ4n) is 4.24. The van der Waals surface area contributed by atoms with Crippen LogP contribution in [0.1, 0.15) is 26.6 Å². The molecule has 7 nitrogen and oxygen atoms in total. The molecule has 34 heavy (non-hydrogen) atoms. The summed E-state index contributed by atoms with van der Waals surface area (Å²) in [6.45, 7) is 8.54. The molecule has 0 bridgehead atoms. The van der Waals surface area contributed by atoms with E-state index in [0.717, 1.165) is 62.2 Å². The highest BCUT2D eigenvalue weighted by atomic mass is 35.5. The van der Waals surface area contributed by atoms with E-state index >= 15 is 0 Å². The number of hydrogen-bond acceptors (Lipinski definition) is 5. The van der Waals surface area contributed by atoms with E-state index in [9.17, 15) is 4.79 Å². The van der Waals surface area contributed by atoms with Gasteiger partial charge >= 0.3 is 5.69 Å². The summed E-state index contributed by atoms with van der Waals surface area (Å²) in [7, 11) is 0. The fraction of sp³-hybridized carbons (Fsp3) is 0.462. The third-order valence-electron chi connectivity index (χ3n) is 6.03. The average Bonchev–Trinajstić information content (AvgIpc) is 3.15. The lowest BCUT2D eigenvalue weighted by Gasteiger charge is -2.36. The van der Waals surface area contributed by atoms with Crippen molar-refractivity contribution in [3.8, 4) is 5.75 Å². The van der Waals surface area contributed by atoms with Crippen molar-refractivity contribution in [3.63, 3.8) is 0 Å². The second kappa shape index (κ2) is 12.6. The largest absolute Gasteiger partial charge is 0.492 e. The molecule has 0 unspecified atom stereocenters. The van der Waals surface area contributed by atoms with Crippen LogP contribution in [0.5, 0.6) is 5.75 Å². The smallest absolute Gasteiger partial charge is 0.346 e. The number of piperazine rings is 1. The Morgan fingerprint density at radius 1 is 0.971 bits per heavy atom. The molecule has 1 saturated heterocycles. The minimum atomic E-state index is -0.0470. The van der Waals surface area contributed by atoms with Crippen LogP contribution >= 0.6 is 11.6 Å². The Morgan fingerprint density at radius 2 is 1.74 bits per heavy atom. The molecule has 0 saturated carbocycles. The van der Waals surface area contributed by atoms with Crippen molar-refractivity contribution in [1.29, 1.82) is 0 Å². The van der Waals surface area contributed by atoms with E-state index in [1.807, 2.05) is 55.5 Å². The molecule has 184 valence electrons. The standard InChI is InChI=1S/C25H32ClN5O2.CH4/c1-2-24-27-31(25(32)30(24)18-19-33-23-10-4-3-5-11-23)13-7-12-28-14-16-29(17-15-28)22-9-6-8-21(26)20-22;/h3-6,8-11,20H,2,7,12-19H2,1H3;1H4. The van der Waals surface area contributed by atoms with E-state index in [1.54, 1.807) is 9.25 Å². The Hall–Kier alpha value is -2.77. The molecule has 8 heteroatoms. The van der Waals surface area contributed by atoms with Crippen molar-refractivity contribution < 1.29 is 4.74 Å². The molecule has 4 rings (SSSR count). The van der Waals surface area contributed by atoms with E-state index in [-0.39, 0.29) is 13.1 Å². The third kappa shape index (κ3) is 6.64. The van der Waals surface area contributed by atoms with Crippen molar-refractivity contribution in [3.05, 3.63) is 75.9 Å². The van der Waals surface area contributed by atoms with Gasteiger partial charge in [0.25, 0.3) is 0 Å². The van der Waals surface area contributed by atoms with Gasteiger partial charge in [0, 0.05) is 56.4 Å². The van der Waals surface area contributed by atoms with Crippen molar-refractivity contribution in [2.75, 3.05) is 44.2 Å². The van der Waals surface area contributed by atoms with Crippen molar-refractivity contribution in [1.82, 2.24) is 19.2 Å². The van der Waals surface area contributed by atoms with Gasteiger partial charge in [0.2, 0.25) is 0 Å². The minimum Gasteiger partial charge on any atom is -0.492 e. The van der Waals surface area contributed by atoms with Crippen molar-refractivity contribution in [2.24, 2.45) is 0 Å². The SMILES string of the molecule is C.CCc1nn(CCCN2CCN(c3cccc(Cl)c3)CC2)c(=O)n1CCOc1ccccc1. The summed E-state index contributed by atoms with van der Waals surface area (Å²) < 4.78 is 9.12. The van der Waals surface area contributed by atoms with Crippen LogP contribution in [0.2, 0.25) is 5.02 Å². The Bertz CT molecular complexity index is 1070. The highest BCUT2D eigenvalue weighted by Crippen LogP contribution is 2.20. The molecular formula is C26H36ClN5O2. The van der Waals surface area contributed by atoms with Gasteiger partial charge in [-0.3, -0.25) is 9.47 Å². The Balaban J connectivity index is 0.00000324. The molecule has 2 heterocycles.